The standard InChI is InChI=1S/2C25H25ClNO4S.C4H4O4/c2*1-17-3-6-19-13-25(24(30-2)14-23(19)27-15-17)32(28,29)22-11-9-21(10-12-22)31-16-18-4-7-20(26)8-5-18;5-3(6)1-2-4(7)8/h2*4-5,7-14,27H,3,6,15-16H2,1-2H3;1-2H,(H,5,6)(H,7,8)/q2*+1;/p-2/b;;2-1-. The number of halogens is 2. The van der Waals surface area contributed by atoms with Crippen molar-refractivity contribution < 1.29 is 55.6 Å². The highest BCUT2D eigenvalue weighted by Crippen LogP contribution is 2.39. The van der Waals surface area contributed by atoms with Gasteiger partial charge in [0.1, 0.15) is 57.8 Å². The molecule has 0 unspecified atom stereocenters. The van der Waals surface area contributed by atoms with Crippen LogP contribution in [0, 0.1) is 11.8 Å². The van der Waals surface area contributed by atoms with Gasteiger partial charge in [0.05, 0.1) is 62.6 Å². The minimum atomic E-state index is -3.76. The van der Waals surface area contributed by atoms with Crippen molar-refractivity contribution in [2.24, 2.45) is 0 Å². The number of carbonyl (C=O) groups excluding carboxylic acids is 2. The van der Waals surface area contributed by atoms with Crippen LogP contribution in [-0.4, -0.2) is 56.1 Å². The molecule has 6 aromatic rings. The van der Waals surface area contributed by atoms with Crippen molar-refractivity contribution >= 4 is 66.2 Å². The fourth-order valence-corrected chi connectivity index (χ4v) is 10.5. The molecule has 14 nitrogen and oxygen atoms in total. The van der Waals surface area contributed by atoms with Crippen LogP contribution in [0.5, 0.6) is 23.0 Å². The summed E-state index contributed by atoms with van der Waals surface area (Å²) in [5.41, 5.74) is 5.74. The van der Waals surface area contributed by atoms with E-state index in [9.17, 15) is 36.6 Å². The first-order chi connectivity index (χ1) is 34.4. The van der Waals surface area contributed by atoms with Crippen LogP contribution in [0.25, 0.3) is 0 Å². The number of hydrogen-bond acceptors (Lipinski definition) is 14. The Morgan fingerprint density at radius 3 is 1.24 bits per heavy atom. The molecule has 0 saturated carbocycles. The van der Waals surface area contributed by atoms with Crippen molar-refractivity contribution in [3.8, 4) is 23.0 Å². The second-order valence-electron chi connectivity index (χ2n) is 16.7. The molecule has 376 valence electrons. The number of aliphatic carboxylic acids is 2. The average Bonchev–Trinajstić information content (AvgIpc) is 3.68. The molecule has 2 N–H and O–H groups in total. The van der Waals surface area contributed by atoms with Crippen molar-refractivity contribution in [2.75, 3.05) is 37.9 Å². The number of benzene rings is 6. The van der Waals surface area contributed by atoms with Crippen molar-refractivity contribution in [2.45, 2.75) is 72.3 Å². The molecule has 2 heterocycles. The highest BCUT2D eigenvalue weighted by molar-refractivity contribution is 7.92. The number of methoxy groups -OCH3 is 2. The third-order valence-electron chi connectivity index (χ3n) is 11.4. The van der Waals surface area contributed by atoms with E-state index in [-0.39, 0.29) is 19.6 Å². The van der Waals surface area contributed by atoms with Gasteiger partial charge in [0.15, 0.2) is 13.1 Å². The zero-order valence-electron chi connectivity index (χ0n) is 39.8. The number of carboxylic acids is 2. The molecule has 2 aliphatic rings. The summed E-state index contributed by atoms with van der Waals surface area (Å²) >= 11 is 11.8. The second-order valence-corrected chi connectivity index (χ2v) is 21.4. The first kappa shape index (κ1) is 54.4. The van der Waals surface area contributed by atoms with E-state index < -0.39 is 31.6 Å². The van der Waals surface area contributed by atoms with Crippen LogP contribution in [0.3, 0.4) is 0 Å². The lowest BCUT2D eigenvalue weighted by atomic mass is 10.0. The lowest BCUT2D eigenvalue weighted by Gasteiger charge is -2.15. The maximum atomic E-state index is 13.4. The monoisotopic (exact) mass is 1050 g/mol. The molecule has 0 aromatic heterocycles. The SMILES string of the molecule is COc1cc2c(cc1S(=O)(=O)c1ccc(OCc3ccc(Cl)cc3)cc1)CC[C+](C)CN2.COc1cc2c(cc1S(=O)(=O)c1ccc(OCc3ccc(Cl)cc3)cc1)CC[C+](C)CN2.O=C([O-])/C=C\C(=O)[O-]. The largest absolute Gasteiger partial charge is 0.545 e. The van der Waals surface area contributed by atoms with Gasteiger partial charge in [-0.2, -0.15) is 0 Å². The minimum absolute atomic E-state index is 0.176. The van der Waals surface area contributed by atoms with Gasteiger partial charge in [0.25, 0.3) is 0 Å². The van der Waals surface area contributed by atoms with Crippen molar-refractivity contribution in [3.63, 3.8) is 0 Å². The van der Waals surface area contributed by atoms with Crippen LogP contribution in [0.1, 0.15) is 48.9 Å². The van der Waals surface area contributed by atoms with E-state index in [4.69, 9.17) is 42.1 Å². The topological polar surface area (TPSA) is 210 Å². The van der Waals surface area contributed by atoms with Gasteiger partial charge in [-0.25, -0.2) is 16.8 Å². The van der Waals surface area contributed by atoms with E-state index in [2.05, 4.69) is 24.5 Å². The highest BCUT2D eigenvalue weighted by atomic mass is 35.5. The Labute approximate surface area is 430 Å². The van der Waals surface area contributed by atoms with E-state index in [1.807, 2.05) is 24.3 Å². The molecule has 0 amide bonds. The van der Waals surface area contributed by atoms with Crippen LogP contribution in [0.4, 0.5) is 11.4 Å². The maximum absolute atomic E-state index is 13.4. The summed E-state index contributed by atoms with van der Waals surface area (Å²) in [5, 5.41) is 26.9. The Morgan fingerprint density at radius 1 is 0.569 bits per heavy atom. The van der Waals surface area contributed by atoms with Crippen LogP contribution in [-0.2, 0) is 55.3 Å². The van der Waals surface area contributed by atoms with E-state index >= 15 is 0 Å². The number of sulfone groups is 2. The lowest BCUT2D eigenvalue weighted by Crippen LogP contribution is -2.23. The molecule has 8 rings (SSSR count). The number of aryl methyl sites for hydroxylation is 2. The number of hydrogen-bond donors (Lipinski definition) is 2. The first-order valence-corrected chi connectivity index (χ1v) is 26.2. The van der Waals surface area contributed by atoms with Crippen LogP contribution >= 0.6 is 23.2 Å². The zero-order valence-corrected chi connectivity index (χ0v) is 43.0. The molecular formula is C54H52Cl2N2O12S2. The predicted octanol–water partition coefficient (Wildman–Crippen LogP) is 8.47. The molecule has 0 atom stereocenters. The molecule has 0 radical (unpaired) electrons. The van der Waals surface area contributed by atoms with Gasteiger partial charge in [0.2, 0.25) is 19.7 Å². The molecule has 0 aliphatic carbocycles. The molecule has 72 heavy (non-hydrogen) atoms. The summed E-state index contributed by atoms with van der Waals surface area (Å²) in [7, 11) is -4.54. The molecule has 18 heteroatoms. The third kappa shape index (κ3) is 14.8. The molecule has 0 saturated heterocycles. The number of anilines is 2. The number of fused-ring (bicyclic) bond motifs is 2. The fourth-order valence-electron chi connectivity index (χ4n) is 7.37. The summed E-state index contributed by atoms with van der Waals surface area (Å²) in [6.45, 7) is 6.49. The zero-order chi connectivity index (χ0) is 52.0. The highest BCUT2D eigenvalue weighted by Gasteiger charge is 2.29. The van der Waals surface area contributed by atoms with Gasteiger partial charge in [0, 0.05) is 46.4 Å². The van der Waals surface area contributed by atoms with Gasteiger partial charge in [-0.15, -0.1) is 0 Å². The third-order valence-corrected chi connectivity index (χ3v) is 15.5. The predicted molar refractivity (Wildman–Crippen MR) is 272 cm³/mol. The molecule has 0 fully saturated rings. The van der Waals surface area contributed by atoms with Crippen molar-refractivity contribution in [1.29, 1.82) is 0 Å². The van der Waals surface area contributed by atoms with Gasteiger partial charge in [-0.05, 0) is 119 Å². The van der Waals surface area contributed by atoms with Crippen LogP contribution < -0.4 is 39.8 Å². The van der Waals surface area contributed by atoms with Crippen LogP contribution in [0.15, 0.2) is 153 Å². The maximum Gasteiger partial charge on any atom is 0.210 e. The Kier molecular flexibility index (Phi) is 18.8. The fraction of sp³-hybridized carbons (Fsp3) is 0.222. The molecule has 6 aromatic carbocycles. The van der Waals surface area contributed by atoms with Crippen LogP contribution in [0.2, 0.25) is 10.0 Å². The Morgan fingerprint density at radius 2 is 0.917 bits per heavy atom. The number of carbonyl (C=O) groups is 2. The number of carboxylic acid groups (broad SMARTS) is 2. The minimum Gasteiger partial charge on any atom is -0.545 e. The van der Waals surface area contributed by atoms with Crippen molar-refractivity contribution in [1.82, 2.24) is 0 Å². The summed E-state index contributed by atoms with van der Waals surface area (Å²) in [6.07, 6.45) is 4.19. The van der Waals surface area contributed by atoms with Gasteiger partial charge in [-0.3, -0.25) is 0 Å². The van der Waals surface area contributed by atoms with E-state index in [1.165, 1.54) is 26.1 Å². The summed E-state index contributed by atoms with van der Waals surface area (Å²) in [5.74, 6) is 1.41. The Hall–Kier alpha value is -6.98. The Balaban J connectivity index is 0.000000205. The van der Waals surface area contributed by atoms with Gasteiger partial charge >= 0.3 is 0 Å². The lowest BCUT2D eigenvalue weighted by molar-refractivity contribution is -0.301. The summed E-state index contributed by atoms with van der Waals surface area (Å²) in [6, 6.07) is 34.7. The number of nitrogens with one attached hydrogen (secondary N) is 2. The summed E-state index contributed by atoms with van der Waals surface area (Å²) < 4.78 is 76.1. The van der Waals surface area contributed by atoms with Crippen molar-refractivity contribution in [3.05, 3.63) is 178 Å². The van der Waals surface area contributed by atoms with E-state index in [0.717, 1.165) is 72.4 Å². The first-order valence-electron chi connectivity index (χ1n) is 22.4. The molecule has 0 spiro atoms. The normalized spacial score (nSPS) is 13.2. The van der Waals surface area contributed by atoms with Gasteiger partial charge in [-0.1, -0.05) is 47.5 Å². The van der Waals surface area contributed by atoms with E-state index in [1.54, 1.807) is 97.1 Å². The summed E-state index contributed by atoms with van der Waals surface area (Å²) in [4.78, 5) is 19.6. The Bertz CT molecular complexity index is 2870. The number of ether oxygens (including phenoxy) is 4. The molecule has 0 bridgehead atoms. The molecular weight excluding hydrogens is 1000 g/mol. The smallest absolute Gasteiger partial charge is 0.210 e. The second kappa shape index (κ2) is 24.9. The number of rotatable bonds is 14. The molecule has 2 aliphatic heterocycles. The van der Waals surface area contributed by atoms with Gasteiger partial charge < -0.3 is 49.4 Å². The quantitative estimate of drug-likeness (QED) is 0.0775. The average molecular weight is 1060 g/mol. The van der Waals surface area contributed by atoms with E-state index in [0.29, 0.717) is 58.4 Å².